The van der Waals surface area contributed by atoms with Gasteiger partial charge in [-0.2, -0.15) is 0 Å². The SMILES string of the molecule is CC1CC1CNC(=O)c1ccc(C#CCN)cc1F. The molecule has 2 atom stereocenters. The van der Waals surface area contributed by atoms with Gasteiger partial charge in [0, 0.05) is 12.1 Å². The molecule has 2 unspecified atom stereocenters. The maximum atomic E-state index is 13.8. The zero-order valence-corrected chi connectivity index (χ0v) is 10.9. The fourth-order valence-corrected chi connectivity index (χ4v) is 1.93. The fourth-order valence-electron chi connectivity index (χ4n) is 1.93. The van der Waals surface area contributed by atoms with Crippen molar-refractivity contribution in [2.75, 3.05) is 13.1 Å². The molecule has 2 rings (SSSR count). The Morgan fingerprint density at radius 1 is 1.58 bits per heavy atom. The van der Waals surface area contributed by atoms with Crippen LogP contribution in [0, 0.1) is 29.5 Å². The zero-order valence-electron chi connectivity index (χ0n) is 10.9. The minimum Gasteiger partial charge on any atom is -0.352 e. The fraction of sp³-hybridized carbons (Fsp3) is 0.400. The molecule has 1 aromatic rings. The standard InChI is InChI=1S/C15H17FN2O/c1-10-7-12(10)9-18-15(19)13-5-4-11(3-2-6-17)8-14(13)16/h4-5,8,10,12H,6-7,9,17H2,1H3,(H,18,19). The quantitative estimate of drug-likeness (QED) is 0.810. The van der Waals surface area contributed by atoms with Gasteiger partial charge in [0.15, 0.2) is 0 Å². The number of hydrogen-bond acceptors (Lipinski definition) is 2. The summed E-state index contributed by atoms with van der Waals surface area (Å²) in [4.78, 5) is 11.8. The van der Waals surface area contributed by atoms with Gasteiger partial charge in [-0.1, -0.05) is 18.8 Å². The van der Waals surface area contributed by atoms with Crippen LogP contribution in [0.1, 0.15) is 29.3 Å². The average Bonchev–Trinajstić information content (AvgIpc) is 3.09. The van der Waals surface area contributed by atoms with E-state index in [9.17, 15) is 9.18 Å². The molecule has 1 aromatic carbocycles. The maximum absolute atomic E-state index is 13.8. The van der Waals surface area contributed by atoms with Gasteiger partial charge in [0.1, 0.15) is 5.82 Å². The number of halogens is 1. The molecule has 19 heavy (non-hydrogen) atoms. The molecule has 0 bridgehead atoms. The second-order valence-corrected chi connectivity index (χ2v) is 4.88. The van der Waals surface area contributed by atoms with Gasteiger partial charge in [0.2, 0.25) is 0 Å². The van der Waals surface area contributed by atoms with Crippen molar-refractivity contribution >= 4 is 5.91 Å². The highest BCUT2D eigenvalue weighted by atomic mass is 19.1. The van der Waals surface area contributed by atoms with Gasteiger partial charge in [0.25, 0.3) is 5.91 Å². The van der Waals surface area contributed by atoms with E-state index in [4.69, 9.17) is 5.73 Å². The molecule has 0 radical (unpaired) electrons. The van der Waals surface area contributed by atoms with Crippen LogP contribution in [-0.4, -0.2) is 19.0 Å². The smallest absolute Gasteiger partial charge is 0.254 e. The van der Waals surface area contributed by atoms with Crippen molar-refractivity contribution in [2.45, 2.75) is 13.3 Å². The van der Waals surface area contributed by atoms with Crippen molar-refractivity contribution in [3.63, 3.8) is 0 Å². The number of amides is 1. The number of rotatable bonds is 3. The lowest BCUT2D eigenvalue weighted by Crippen LogP contribution is -2.26. The summed E-state index contributed by atoms with van der Waals surface area (Å²) in [5, 5.41) is 2.76. The van der Waals surface area contributed by atoms with Gasteiger partial charge in [-0.25, -0.2) is 4.39 Å². The van der Waals surface area contributed by atoms with E-state index in [1.807, 2.05) is 0 Å². The Bertz CT molecular complexity index is 545. The van der Waals surface area contributed by atoms with Crippen LogP contribution in [0.2, 0.25) is 0 Å². The largest absolute Gasteiger partial charge is 0.352 e. The third-order valence-corrected chi connectivity index (χ3v) is 3.35. The Labute approximate surface area is 112 Å². The van der Waals surface area contributed by atoms with Crippen LogP contribution in [0.3, 0.4) is 0 Å². The van der Waals surface area contributed by atoms with Crippen LogP contribution in [-0.2, 0) is 0 Å². The Kier molecular flexibility index (Phi) is 4.18. The van der Waals surface area contributed by atoms with Crippen LogP contribution in [0.4, 0.5) is 4.39 Å². The molecule has 0 saturated heterocycles. The minimum atomic E-state index is -0.551. The van der Waals surface area contributed by atoms with Crippen molar-refractivity contribution in [1.29, 1.82) is 0 Å². The predicted molar refractivity (Wildman–Crippen MR) is 71.9 cm³/mol. The molecule has 1 saturated carbocycles. The molecule has 0 spiro atoms. The van der Waals surface area contributed by atoms with Crippen LogP contribution in [0.25, 0.3) is 0 Å². The summed E-state index contributed by atoms with van der Waals surface area (Å²) in [7, 11) is 0. The molecule has 4 heteroatoms. The lowest BCUT2D eigenvalue weighted by molar-refractivity contribution is 0.0947. The van der Waals surface area contributed by atoms with Crippen molar-refractivity contribution in [3.8, 4) is 11.8 Å². The van der Waals surface area contributed by atoms with Crippen LogP contribution < -0.4 is 11.1 Å². The first kappa shape index (κ1) is 13.6. The molecule has 0 aromatic heterocycles. The van der Waals surface area contributed by atoms with E-state index in [1.54, 1.807) is 6.07 Å². The van der Waals surface area contributed by atoms with Crippen LogP contribution >= 0.6 is 0 Å². The normalized spacial score (nSPS) is 20.4. The van der Waals surface area contributed by atoms with E-state index in [0.29, 0.717) is 23.9 Å². The third kappa shape index (κ3) is 3.55. The molecule has 1 amide bonds. The van der Waals surface area contributed by atoms with E-state index < -0.39 is 5.82 Å². The Morgan fingerprint density at radius 3 is 2.89 bits per heavy atom. The van der Waals surface area contributed by atoms with E-state index >= 15 is 0 Å². The molecular weight excluding hydrogens is 243 g/mol. The van der Waals surface area contributed by atoms with Gasteiger partial charge in [0.05, 0.1) is 12.1 Å². The lowest BCUT2D eigenvalue weighted by Gasteiger charge is -2.05. The zero-order chi connectivity index (χ0) is 13.8. The minimum absolute atomic E-state index is 0.0617. The van der Waals surface area contributed by atoms with Gasteiger partial charge >= 0.3 is 0 Å². The second-order valence-electron chi connectivity index (χ2n) is 4.88. The van der Waals surface area contributed by atoms with E-state index in [2.05, 4.69) is 24.1 Å². The molecule has 1 fully saturated rings. The summed E-state index contributed by atoms with van der Waals surface area (Å²) in [6, 6.07) is 4.35. The predicted octanol–water partition coefficient (Wildman–Crippen LogP) is 1.52. The van der Waals surface area contributed by atoms with Gasteiger partial charge in [-0.15, -0.1) is 0 Å². The highest BCUT2D eigenvalue weighted by Gasteiger charge is 2.32. The first-order valence-corrected chi connectivity index (χ1v) is 6.38. The van der Waals surface area contributed by atoms with Gasteiger partial charge < -0.3 is 11.1 Å². The highest BCUT2D eigenvalue weighted by molar-refractivity contribution is 5.94. The van der Waals surface area contributed by atoms with E-state index in [-0.39, 0.29) is 18.0 Å². The molecule has 1 aliphatic rings. The first-order valence-electron chi connectivity index (χ1n) is 6.38. The average molecular weight is 260 g/mol. The Morgan fingerprint density at radius 2 is 2.32 bits per heavy atom. The van der Waals surface area contributed by atoms with Crippen LogP contribution in [0.15, 0.2) is 18.2 Å². The second kappa shape index (κ2) is 5.85. The topological polar surface area (TPSA) is 55.1 Å². The van der Waals surface area contributed by atoms with Crippen molar-refractivity contribution in [1.82, 2.24) is 5.32 Å². The Balaban J connectivity index is 2.01. The number of carbonyl (C=O) groups excluding carboxylic acids is 1. The lowest BCUT2D eigenvalue weighted by atomic mass is 10.1. The monoisotopic (exact) mass is 260 g/mol. The number of nitrogens with two attached hydrogens (primary N) is 1. The van der Waals surface area contributed by atoms with Crippen molar-refractivity contribution in [3.05, 3.63) is 35.1 Å². The van der Waals surface area contributed by atoms with E-state index in [1.165, 1.54) is 12.1 Å². The summed E-state index contributed by atoms with van der Waals surface area (Å²) in [6.45, 7) is 2.99. The molecule has 1 aliphatic carbocycles. The number of benzene rings is 1. The summed E-state index contributed by atoms with van der Waals surface area (Å²) in [5.41, 5.74) is 5.83. The third-order valence-electron chi connectivity index (χ3n) is 3.35. The summed E-state index contributed by atoms with van der Waals surface area (Å²) in [6.07, 6.45) is 1.14. The van der Waals surface area contributed by atoms with Crippen molar-refractivity contribution in [2.24, 2.45) is 17.6 Å². The molecular formula is C15H17FN2O. The van der Waals surface area contributed by atoms with Gasteiger partial charge in [-0.3, -0.25) is 4.79 Å². The molecule has 0 aliphatic heterocycles. The Hall–Kier alpha value is -1.86. The number of carbonyl (C=O) groups is 1. The molecule has 0 heterocycles. The summed E-state index contributed by atoms with van der Waals surface area (Å²) >= 11 is 0. The number of nitrogens with one attached hydrogen (secondary N) is 1. The summed E-state index contributed by atoms with van der Waals surface area (Å²) in [5.74, 6) is 5.67. The molecule has 3 N–H and O–H groups in total. The van der Waals surface area contributed by atoms with Crippen molar-refractivity contribution < 1.29 is 9.18 Å². The van der Waals surface area contributed by atoms with Gasteiger partial charge in [-0.05, 0) is 36.5 Å². The maximum Gasteiger partial charge on any atom is 0.254 e. The summed E-state index contributed by atoms with van der Waals surface area (Å²) < 4.78 is 13.8. The molecule has 100 valence electrons. The van der Waals surface area contributed by atoms with E-state index in [0.717, 1.165) is 6.42 Å². The van der Waals surface area contributed by atoms with Crippen LogP contribution in [0.5, 0.6) is 0 Å². The first-order chi connectivity index (χ1) is 9.11. The number of hydrogen-bond donors (Lipinski definition) is 2. The highest BCUT2D eigenvalue weighted by Crippen LogP contribution is 2.36. The molecule has 3 nitrogen and oxygen atoms in total.